The molecule has 1 N–H and O–H groups in total. The number of anilines is 2. The molecule has 0 radical (unpaired) electrons. The number of ether oxygens (including phenoxy) is 1. The summed E-state index contributed by atoms with van der Waals surface area (Å²) in [5, 5.41) is 7.57. The van der Waals surface area contributed by atoms with Gasteiger partial charge in [0.25, 0.3) is 0 Å². The predicted octanol–water partition coefficient (Wildman–Crippen LogP) is 4.49. The van der Waals surface area contributed by atoms with Crippen molar-refractivity contribution in [3.8, 4) is 11.4 Å². The van der Waals surface area contributed by atoms with Crippen LogP contribution in [0.4, 0.5) is 24.8 Å². The molecule has 2 aromatic heterocycles. The molecule has 1 unspecified atom stereocenters. The molecule has 0 saturated heterocycles. The predicted molar refractivity (Wildman–Crippen MR) is 129 cm³/mol. The number of carbonyl (C=O) groups excluding carboxylic acids is 1. The SMILES string of the molecule is COc1cc(Nc2nc3n(n2)CCN(C(C)=O)C3c2ccccc2C(F)(F)F)ccc1-n1cnc(C)c1. The quantitative estimate of drug-likeness (QED) is 0.425. The molecule has 37 heavy (non-hydrogen) atoms. The molecule has 1 atom stereocenters. The van der Waals surface area contributed by atoms with Gasteiger partial charge in [0.2, 0.25) is 11.9 Å². The number of aromatic nitrogens is 5. The molecular formula is C25H24F3N7O2. The highest BCUT2D eigenvalue weighted by atomic mass is 19.4. The van der Waals surface area contributed by atoms with Crippen LogP contribution in [0, 0.1) is 6.92 Å². The molecule has 3 heterocycles. The van der Waals surface area contributed by atoms with E-state index in [0.717, 1.165) is 17.4 Å². The molecule has 9 nitrogen and oxygen atoms in total. The molecule has 0 saturated carbocycles. The van der Waals surface area contributed by atoms with Gasteiger partial charge in [0.05, 0.1) is 36.9 Å². The third-order valence-electron chi connectivity index (χ3n) is 6.20. The number of halogens is 3. The molecule has 1 aliphatic heterocycles. The van der Waals surface area contributed by atoms with Gasteiger partial charge in [-0.25, -0.2) is 9.67 Å². The van der Waals surface area contributed by atoms with E-state index in [2.05, 4.69) is 20.4 Å². The molecule has 0 aliphatic carbocycles. The molecular weight excluding hydrogens is 487 g/mol. The summed E-state index contributed by atoms with van der Waals surface area (Å²) >= 11 is 0. The molecule has 2 aromatic carbocycles. The number of nitrogens with zero attached hydrogens (tertiary/aromatic N) is 6. The Bertz CT molecular complexity index is 1460. The van der Waals surface area contributed by atoms with Crippen LogP contribution >= 0.6 is 0 Å². The maximum Gasteiger partial charge on any atom is 0.416 e. The maximum absolute atomic E-state index is 13.9. The van der Waals surface area contributed by atoms with Crippen LogP contribution in [-0.2, 0) is 17.5 Å². The zero-order chi connectivity index (χ0) is 26.3. The molecule has 0 bridgehead atoms. The molecule has 4 aromatic rings. The third-order valence-corrected chi connectivity index (χ3v) is 6.20. The van der Waals surface area contributed by atoms with Gasteiger partial charge in [-0.2, -0.15) is 18.2 Å². The minimum absolute atomic E-state index is 0.0493. The fourth-order valence-electron chi connectivity index (χ4n) is 4.54. The van der Waals surface area contributed by atoms with E-state index < -0.39 is 17.8 Å². The van der Waals surface area contributed by atoms with Crippen LogP contribution in [0.25, 0.3) is 5.69 Å². The number of benzene rings is 2. The third kappa shape index (κ3) is 4.61. The van der Waals surface area contributed by atoms with Crippen LogP contribution in [0.1, 0.15) is 35.6 Å². The van der Waals surface area contributed by atoms with E-state index in [1.165, 1.54) is 30.0 Å². The summed E-state index contributed by atoms with van der Waals surface area (Å²) in [5.74, 6) is 0.674. The van der Waals surface area contributed by atoms with E-state index in [4.69, 9.17) is 4.74 Å². The van der Waals surface area contributed by atoms with Gasteiger partial charge in [0.15, 0.2) is 5.82 Å². The second kappa shape index (κ2) is 9.26. The maximum atomic E-state index is 13.9. The molecule has 12 heteroatoms. The molecule has 5 rings (SSSR count). The zero-order valence-electron chi connectivity index (χ0n) is 20.3. The number of rotatable bonds is 5. The minimum Gasteiger partial charge on any atom is -0.494 e. The monoisotopic (exact) mass is 511 g/mol. The van der Waals surface area contributed by atoms with Gasteiger partial charge in [0, 0.05) is 31.4 Å². The van der Waals surface area contributed by atoms with Gasteiger partial charge >= 0.3 is 6.18 Å². The van der Waals surface area contributed by atoms with Crippen molar-refractivity contribution >= 4 is 17.5 Å². The Balaban J connectivity index is 1.51. The lowest BCUT2D eigenvalue weighted by Crippen LogP contribution is -2.42. The van der Waals surface area contributed by atoms with Crippen molar-refractivity contribution < 1.29 is 22.7 Å². The number of alkyl halides is 3. The number of aryl methyl sites for hydroxylation is 1. The number of hydrogen-bond acceptors (Lipinski definition) is 6. The number of nitrogens with one attached hydrogen (secondary N) is 1. The highest BCUT2D eigenvalue weighted by Crippen LogP contribution is 2.40. The number of hydrogen-bond donors (Lipinski definition) is 1. The summed E-state index contributed by atoms with van der Waals surface area (Å²) in [7, 11) is 1.55. The summed E-state index contributed by atoms with van der Waals surface area (Å²) in [5.41, 5.74) is 1.40. The summed E-state index contributed by atoms with van der Waals surface area (Å²) in [6.45, 7) is 3.73. The largest absolute Gasteiger partial charge is 0.494 e. The smallest absolute Gasteiger partial charge is 0.416 e. The molecule has 192 valence electrons. The van der Waals surface area contributed by atoms with E-state index in [1.807, 2.05) is 29.8 Å². The Morgan fingerprint density at radius 2 is 1.95 bits per heavy atom. The van der Waals surface area contributed by atoms with Gasteiger partial charge in [0.1, 0.15) is 11.8 Å². The number of methoxy groups -OCH3 is 1. The highest BCUT2D eigenvalue weighted by Gasteiger charge is 2.41. The second-order valence-electron chi connectivity index (χ2n) is 8.65. The lowest BCUT2D eigenvalue weighted by molar-refractivity contribution is -0.140. The van der Waals surface area contributed by atoms with Gasteiger partial charge in [-0.05, 0) is 30.7 Å². The van der Waals surface area contributed by atoms with Crippen molar-refractivity contribution in [1.29, 1.82) is 0 Å². The van der Waals surface area contributed by atoms with Crippen molar-refractivity contribution in [3.05, 3.63) is 77.6 Å². The summed E-state index contributed by atoms with van der Waals surface area (Å²) in [4.78, 5) is 22.6. The first-order chi connectivity index (χ1) is 17.7. The number of fused-ring (bicyclic) bond motifs is 1. The first-order valence-corrected chi connectivity index (χ1v) is 11.5. The Kier molecular flexibility index (Phi) is 6.10. The van der Waals surface area contributed by atoms with Gasteiger partial charge in [-0.1, -0.05) is 18.2 Å². The van der Waals surface area contributed by atoms with Crippen molar-refractivity contribution in [3.63, 3.8) is 0 Å². The van der Waals surface area contributed by atoms with Crippen LogP contribution in [0.15, 0.2) is 55.0 Å². The van der Waals surface area contributed by atoms with Crippen LogP contribution in [-0.4, -0.2) is 48.8 Å². The molecule has 0 spiro atoms. The van der Waals surface area contributed by atoms with Gasteiger partial charge in [-0.15, -0.1) is 5.10 Å². The lowest BCUT2D eigenvalue weighted by atomic mass is 9.96. The Morgan fingerprint density at radius 1 is 1.16 bits per heavy atom. The van der Waals surface area contributed by atoms with Crippen LogP contribution in [0.2, 0.25) is 0 Å². The first-order valence-electron chi connectivity index (χ1n) is 11.5. The minimum atomic E-state index is -4.59. The standard InChI is InChI=1S/C25H24F3N7O2/c1-15-13-33(14-29-15)20-9-8-17(12-21(20)37-3)30-24-31-23-22(34(16(2)36)10-11-35(23)32-24)18-6-4-5-7-19(18)25(26,27)28/h4-9,12-14,22H,10-11H2,1-3H3,(H,30,32). The zero-order valence-corrected chi connectivity index (χ0v) is 20.3. The van der Waals surface area contributed by atoms with Crippen LogP contribution in [0.5, 0.6) is 5.75 Å². The van der Waals surface area contributed by atoms with E-state index in [1.54, 1.807) is 24.2 Å². The summed E-state index contributed by atoms with van der Waals surface area (Å²) in [6, 6.07) is 9.63. The van der Waals surface area contributed by atoms with Crippen LogP contribution in [0.3, 0.4) is 0 Å². The Labute approximate surface area is 210 Å². The Morgan fingerprint density at radius 3 is 2.62 bits per heavy atom. The fraction of sp³-hybridized carbons (Fsp3) is 0.280. The fourth-order valence-corrected chi connectivity index (χ4v) is 4.54. The molecule has 1 aliphatic rings. The van der Waals surface area contributed by atoms with Gasteiger partial charge in [-0.3, -0.25) is 4.79 Å². The van der Waals surface area contributed by atoms with Crippen molar-refractivity contribution in [2.24, 2.45) is 0 Å². The average molecular weight is 512 g/mol. The topological polar surface area (TPSA) is 90.1 Å². The van der Waals surface area contributed by atoms with Crippen LogP contribution < -0.4 is 10.1 Å². The average Bonchev–Trinajstić information content (AvgIpc) is 3.48. The Hall–Kier alpha value is -4.35. The highest BCUT2D eigenvalue weighted by molar-refractivity contribution is 5.74. The normalized spacial score (nSPS) is 15.4. The number of amides is 1. The van der Waals surface area contributed by atoms with Gasteiger partial charge < -0.3 is 19.5 Å². The van der Waals surface area contributed by atoms with Crippen molar-refractivity contribution in [2.75, 3.05) is 19.0 Å². The number of imidazole rings is 1. The molecule has 0 fully saturated rings. The summed E-state index contributed by atoms with van der Waals surface area (Å²) in [6.07, 6.45) is -1.03. The summed E-state index contributed by atoms with van der Waals surface area (Å²) < 4.78 is 50.5. The second-order valence-corrected chi connectivity index (χ2v) is 8.65. The molecule has 1 amide bonds. The number of carbonyl (C=O) groups is 1. The van der Waals surface area contributed by atoms with Crippen molar-refractivity contribution in [2.45, 2.75) is 32.6 Å². The van der Waals surface area contributed by atoms with E-state index in [9.17, 15) is 18.0 Å². The lowest BCUT2D eigenvalue weighted by Gasteiger charge is -2.35. The first kappa shape index (κ1) is 24.3. The van der Waals surface area contributed by atoms with E-state index >= 15 is 0 Å². The van der Waals surface area contributed by atoms with E-state index in [0.29, 0.717) is 18.0 Å². The van der Waals surface area contributed by atoms with E-state index in [-0.39, 0.29) is 29.8 Å². The van der Waals surface area contributed by atoms with Crippen molar-refractivity contribution in [1.82, 2.24) is 29.2 Å².